The molecule has 248 valence electrons. The smallest absolute Gasteiger partial charge is 0.317 e. The molecule has 1 heterocycles. The summed E-state index contributed by atoms with van der Waals surface area (Å²) in [5, 5.41) is 44.4. The highest BCUT2D eigenvalue weighted by atomic mass is 16.4. The topological polar surface area (TPSA) is 229 Å². The first-order valence-electron chi connectivity index (χ1n) is 14.9. The Balaban J connectivity index is 2.68. The lowest BCUT2D eigenvalue weighted by atomic mass is 10.1. The van der Waals surface area contributed by atoms with E-state index in [4.69, 9.17) is 5.73 Å². The summed E-state index contributed by atoms with van der Waals surface area (Å²) in [6.45, 7) is 4.92. The molecule has 1 aliphatic rings. The number of nitrogens with two attached hydrogens (primary N) is 1. The number of aliphatic hydroxyl groups excluding tert-OH is 2. The van der Waals surface area contributed by atoms with Crippen LogP contribution in [0.15, 0.2) is 0 Å². The number of rotatable bonds is 18. The SMILES string of the molecule is CCCCNC(=O)C[C@H](O)C[C@H](O)CCNC(=O)CN1CCN(CC(N)=O)CCN(CC(=O)O)CCN(CC(=O)O)CC1. The molecule has 0 aromatic carbocycles. The van der Waals surface area contributed by atoms with Crippen molar-refractivity contribution >= 4 is 29.7 Å². The van der Waals surface area contributed by atoms with Gasteiger partial charge in [-0.05, 0) is 19.3 Å². The molecular weight excluding hydrogens is 566 g/mol. The van der Waals surface area contributed by atoms with Crippen LogP contribution in [-0.2, 0) is 24.0 Å². The average molecular weight is 618 g/mol. The molecule has 0 saturated carbocycles. The molecule has 8 N–H and O–H groups in total. The van der Waals surface area contributed by atoms with Gasteiger partial charge in [0.2, 0.25) is 17.7 Å². The summed E-state index contributed by atoms with van der Waals surface area (Å²) in [5.74, 6) is -3.15. The zero-order valence-electron chi connectivity index (χ0n) is 25.3. The van der Waals surface area contributed by atoms with Crippen LogP contribution in [0.4, 0.5) is 0 Å². The number of carbonyl (C=O) groups is 5. The fraction of sp³-hybridized carbons (Fsp3) is 0.815. The lowest BCUT2D eigenvalue weighted by molar-refractivity contribution is -0.140. The van der Waals surface area contributed by atoms with Gasteiger partial charge in [-0.25, -0.2) is 0 Å². The molecule has 0 aliphatic carbocycles. The van der Waals surface area contributed by atoms with Gasteiger partial charge in [-0.2, -0.15) is 0 Å². The number of carboxylic acid groups (broad SMARTS) is 2. The molecule has 1 aliphatic heterocycles. The van der Waals surface area contributed by atoms with E-state index in [2.05, 4.69) is 10.6 Å². The van der Waals surface area contributed by atoms with Crippen molar-refractivity contribution in [1.82, 2.24) is 30.2 Å². The molecular formula is C27H51N7O9. The van der Waals surface area contributed by atoms with Gasteiger partial charge in [0.1, 0.15) is 0 Å². The Hall–Kier alpha value is -2.89. The van der Waals surface area contributed by atoms with Crippen molar-refractivity contribution in [3.8, 4) is 0 Å². The number of nitrogens with one attached hydrogen (secondary N) is 2. The zero-order valence-corrected chi connectivity index (χ0v) is 25.3. The van der Waals surface area contributed by atoms with Crippen molar-refractivity contribution in [2.45, 2.75) is 51.2 Å². The fourth-order valence-electron chi connectivity index (χ4n) is 4.66. The molecule has 16 nitrogen and oxygen atoms in total. The molecule has 0 bridgehead atoms. The van der Waals surface area contributed by atoms with Gasteiger partial charge in [-0.1, -0.05) is 13.3 Å². The summed E-state index contributed by atoms with van der Waals surface area (Å²) in [7, 11) is 0. The molecule has 1 fully saturated rings. The van der Waals surface area contributed by atoms with E-state index >= 15 is 0 Å². The first-order chi connectivity index (χ1) is 20.4. The number of hydrogen-bond donors (Lipinski definition) is 7. The predicted molar refractivity (Wildman–Crippen MR) is 157 cm³/mol. The summed E-state index contributed by atoms with van der Waals surface area (Å²) < 4.78 is 0. The molecule has 1 rings (SSSR count). The van der Waals surface area contributed by atoms with Gasteiger partial charge in [0.25, 0.3) is 0 Å². The minimum absolute atomic E-state index is 0.00218. The highest BCUT2D eigenvalue weighted by molar-refractivity contribution is 5.78. The van der Waals surface area contributed by atoms with E-state index in [9.17, 15) is 44.4 Å². The molecule has 16 heteroatoms. The number of nitrogens with zero attached hydrogens (tertiary/aromatic N) is 4. The Bertz CT molecular complexity index is 848. The number of primary amides is 1. The van der Waals surface area contributed by atoms with Gasteiger partial charge in [-0.15, -0.1) is 0 Å². The van der Waals surface area contributed by atoms with Gasteiger partial charge < -0.3 is 36.8 Å². The molecule has 0 unspecified atom stereocenters. The average Bonchev–Trinajstić information content (AvgIpc) is 2.89. The highest BCUT2D eigenvalue weighted by Crippen LogP contribution is 2.06. The maximum atomic E-state index is 12.7. The molecule has 0 aromatic heterocycles. The van der Waals surface area contributed by atoms with E-state index in [1.165, 1.54) is 0 Å². The fourth-order valence-corrected chi connectivity index (χ4v) is 4.66. The minimum atomic E-state index is -1.02. The van der Waals surface area contributed by atoms with Crippen molar-refractivity contribution in [2.24, 2.45) is 5.73 Å². The van der Waals surface area contributed by atoms with Crippen LogP contribution >= 0.6 is 0 Å². The van der Waals surface area contributed by atoms with Crippen molar-refractivity contribution in [3.63, 3.8) is 0 Å². The Labute approximate surface area is 253 Å². The molecule has 0 spiro atoms. The van der Waals surface area contributed by atoms with E-state index in [-0.39, 0.29) is 63.8 Å². The van der Waals surface area contributed by atoms with Crippen molar-refractivity contribution < 1.29 is 44.4 Å². The number of carboxylic acids is 2. The quantitative estimate of drug-likeness (QED) is 0.0752. The maximum absolute atomic E-state index is 12.7. The van der Waals surface area contributed by atoms with Gasteiger partial charge in [0.15, 0.2) is 0 Å². The number of aliphatic hydroxyl groups is 2. The summed E-state index contributed by atoms with van der Waals surface area (Å²) in [6, 6.07) is 0. The number of hydrogen-bond acceptors (Lipinski definition) is 11. The van der Waals surface area contributed by atoms with Crippen LogP contribution in [0.25, 0.3) is 0 Å². The monoisotopic (exact) mass is 617 g/mol. The summed E-state index contributed by atoms with van der Waals surface area (Å²) in [5.41, 5.74) is 5.41. The van der Waals surface area contributed by atoms with E-state index in [1.54, 1.807) is 14.7 Å². The van der Waals surface area contributed by atoms with Crippen molar-refractivity contribution in [1.29, 1.82) is 0 Å². The van der Waals surface area contributed by atoms with Gasteiger partial charge in [0, 0.05) is 65.4 Å². The second-order valence-electron chi connectivity index (χ2n) is 10.9. The third-order valence-corrected chi connectivity index (χ3v) is 7.01. The van der Waals surface area contributed by atoms with Crippen LogP contribution in [0, 0.1) is 0 Å². The first kappa shape index (κ1) is 38.1. The predicted octanol–water partition coefficient (Wildman–Crippen LogP) is -3.21. The van der Waals surface area contributed by atoms with Crippen LogP contribution < -0.4 is 16.4 Å². The Morgan fingerprint density at radius 2 is 1.12 bits per heavy atom. The maximum Gasteiger partial charge on any atom is 0.317 e. The number of aliphatic carboxylic acids is 2. The largest absolute Gasteiger partial charge is 0.480 e. The van der Waals surface area contributed by atoms with Gasteiger partial charge in [0.05, 0.1) is 44.8 Å². The Morgan fingerprint density at radius 3 is 1.56 bits per heavy atom. The second kappa shape index (κ2) is 21.7. The second-order valence-corrected chi connectivity index (χ2v) is 10.9. The molecule has 43 heavy (non-hydrogen) atoms. The van der Waals surface area contributed by atoms with Gasteiger partial charge in [-0.3, -0.25) is 43.6 Å². The van der Waals surface area contributed by atoms with Crippen LogP contribution in [0.3, 0.4) is 0 Å². The normalized spacial score (nSPS) is 18.1. The van der Waals surface area contributed by atoms with E-state index in [0.29, 0.717) is 58.9 Å². The lowest BCUT2D eigenvalue weighted by Gasteiger charge is -2.33. The Morgan fingerprint density at radius 1 is 0.674 bits per heavy atom. The molecule has 0 aromatic rings. The van der Waals surface area contributed by atoms with Crippen LogP contribution in [0.1, 0.15) is 39.0 Å². The zero-order chi connectivity index (χ0) is 32.2. The van der Waals surface area contributed by atoms with Crippen LogP contribution in [0.5, 0.6) is 0 Å². The molecule has 0 radical (unpaired) electrons. The van der Waals surface area contributed by atoms with E-state index in [0.717, 1.165) is 12.8 Å². The van der Waals surface area contributed by atoms with E-state index < -0.39 is 30.1 Å². The Kier molecular flexibility index (Phi) is 19.3. The molecule has 1 saturated heterocycles. The number of unbranched alkanes of at least 4 members (excludes halogenated alkanes) is 1. The van der Waals surface area contributed by atoms with Crippen LogP contribution in [-0.4, -0.2) is 174 Å². The summed E-state index contributed by atoms with van der Waals surface area (Å²) in [4.78, 5) is 65.9. The molecule has 2 atom stereocenters. The van der Waals surface area contributed by atoms with E-state index in [1.807, 2.05) is 11.8 Å². The lowest BCUT2D eigenvalue weighted by Crippen LogP contribution is -2.50. The first-order valence-corrected chi connectivity index (χ1v) is 14.9. The third-order valence-electron chi connectivity index (χ3n) is 7.01. The van der Waals surface area contributed by atoms with Crippen molar-refractivity contribution in [3.05, 3.63) is 0 Å². The summed E-state index contributed by atoms with van der Waals surface area (Å²) in [6.07, 6.45) is -0.0339. The van der Waals surface area contributed by atoms with Crippen molar-refractivity contribution in [2.75, 3.05) is 91.6 Å². The third kappa shape index (κ3) is 19.8. The highest BCUT2D eigenvalue weighted by Gasteiger charge is 2.21. The number of carbonyl (C=O) groups excluding carboxylic acids is 3. The minimum Gasteiger partial charge on any atom is -0.480 e. The van der Waals surface area contributed by atoms with Crippen LogP contribution in [0.2, 0.25) is 0 Å². The standard InChI is InChI=1S/C27H51N7O9/c1-2-3-5-29-24(38)16-22(36)15-21(35)4-6-30-25(39)18-32-9-7-31(17-23(28)37)8-11-33(19-26(40)41)13-14-34(12-10-32)20-27(42)43/h21-22,35-36H,2-20H2,1H3,(H2,28,37)(H,29,38)(H,30,39)(H,40,41)(H,42,43)/t21-,22-/m1/s1. The number of amides is 3. The van der Waals surface area contributed by atoms with Gasteiger partial charge >= 0.3 is 11.9 Å². The summed E-state index contributed by atoms with van der Waals surface area (Å²) >= 11 is 0. The molecule has 3 amide bonds.